The summed E-state index contributed by atoms with van der Waals surface area (Å²) >= 11 is 0. The molecule has 0 aliphatic carbocycles. The van der Waals surface area contributed by atoms with Crippen LogP contribution in [-0.4, -0.2) is 16.6 Å². The van der Waals surface area contributed by atoms with Gasteiger partial charge in [0.15, 0.2) is 0 Å². The molecule has 15 heavy (non-hydrogen) atoms. The van der Waals surface area contributed by atoms with Gasteiger partial charge in [0.2, 0.25) is 5.82 Å². The zero-order valence-corrected chi connectivity index (χ0v) is 7.48. The van der Waals surface area contributed by atoms with E-state index in [1.807, 2.05) is 0 Å². The highest BCUT2D eigenvalue weighted by Crippen LogP contribution is 2.22. The summed E-state index contributed by atoms with van der Waals surface area (Å²) in [5.74, 6) is -2.02. The molecule has 1 aromatic carbocycles. The molecule has 0 spiro atoms. The number of nitro groups is 1. The number of hydrogen-bond donors (Lipinski definition) is 1. The van der Waals surface area contributed by atoms with Gasteiger partial charge in [0, 0.05) is 5.56 Å². The summed E-state index contributed by atoms with van der Waals surface area (Å²) in [6.07, 6.45) is 2.34. The van der Waals surface area contributed by atoms with Crippen molar-refractivity contribution in [3.05, 3.63) is 45.5 Å². The van der Waals surface area contributed by atoms with Crippen molar-refractivity contribution in [2.75, 3.05) is 6.61 Å². The average Bonchev–Trinajstić information content (AvgIpc) is 2.18. The molecular formula is C9H7F2NO3. The van der Waals surface area contributed by atoms with E-state index in [1.165, 1.54) is 6.08 Å². The summed E-state index contributed by atoms with van der Waals surface area (Å²) < 4.78 is 26.1. The first-order valence-corrected chi connectivity index (χ1v) is 3.97. The lowest BCUT2D eigenvalue weighted by Crippen LogP contribution is -1.95. The molecule has 0 saturated heterocycles. The molecule has 80 valence electrons. The number of halogens is 2. The van der Waals surface area contributed by atoms with Gasteiger partial charge in [-0.3, -0.25) is 10.1 Å². The van der Waals surface area contributed by atoms with Gasteiger partial charge in [0.05, 0.1) is 17.6 Å². The smallest absolute Gasteiger partial charge is 0.307 e. The highest BCUT2D eigenvalue weighted by molar-refractivity contribution is 5.53. The van der Waals surface area contributed by atoms with Crippen LogP contribution in [-0.2, 0) is 0 Å². The molecule has 0 aliphatic rings. The summed E-state index contributed by atoms with van der Waals surface area (Å²) in [5.41, 5.74) is -1.05. The van der Waals surface area contributed by atoms with Gasteiger partial charge in [-0.15, -0.1) is 0 Å². The third-order valence-electron chi connectivity index (χ3n) is 1.67. The largest absolute Gasteiger partial charge is 0.392 e. The minimum absolute atomic E-state index is 0.146. The van der Waals surface area contributed by atoms with Gasteiger partial charge in [0.1, 0.15) is 5.82 Å². The normalized spacial score (nSPS) is 10.9. The van der Waals surface area contributed by atoms with Crippen molar-refractivity contribution < 1.29 is 18.8 Å². The van der Waals surface area contributed by atoms with Crippen LogP contribution in [0.4, 0.5) is 14.5 Å². The third-order valence-corrected chi connectivity index (χ3v) is 1.67. The second-order valence-corrected chi connectivity index (χ2v) is 2.67. The zero-order valence-electron chi connectivity index (χ0n) is 7.48. The predicted octanol–water partition coefficient (Wildman–Crippen LogP) is 1.88. The van der Waals surface area contributed by atoms with Crippen molar-refractivity contribution >= 4 is 11.8 Å². The molecule has 1 N–H and O–H groups in total. The number of nitrogens with zero attached hydrogens (tertiary/aromatic N) is 1. The van der Waals surface area contributed by atoms with Crippen molar-refractivity contribution in [2.45, 2.75) is 0 Å². The van der Waals surface area contributed by atoms with Gasteiger partial charge in [-0.25, -0.2) is 4.39 Å². The molecule has 0 aromatic heterocycles. The van der Waals surface area contributed by atoms with E-state index in [2.05, 4.69) is 0 Å². The maximum absolute atomic E-state index is 13.1. The van der Waals surface area contributed by atoms with Crippen LogP contribution in [0.3, 0.4) is 0 Å². The molecule has 0 amide bonds. The topological polar surface area (TPSA) is 63.4 Å². The Labute approximate surface area is 83.6 Å². The maximum atomic E-state index is 13.1. The second kappa shape index (κ2) is 4.61. The van der Waals surface area contributed by atoms with Crippen molar-refractivity contribution in [1.82, 2.24) is 0 Å². The van der Waals surface area contributed by atoms with Crippen LogP contribution in [0.1, 0.15) is 5.56 Å². The molecule has 0 bridgehead atoms. The van der Waals surface area contributed by atoms with Crippen LogP contribution < -0.4 is 0 Å². The molecule has 0 unspecified atom stereocenters. The van der Waals surface area contributed by atoms with E-state index in [9.17, 15) is 18.9 Å². The molecule has 6 heteroatoms. The minimum Gasteiger partial charge on any atom is -0.392 e. The van der Waals surface area contributed by atoms with E-state index in [1.54, 1.807) is 0 Å². The molecule has 0 fully saturated rings. The van der Waals surface area contributed by atoms with E-state index in [0.717, 1.165) is 6.08 Å². The van der Waals surface area contributed by atoms with E-state index < -0.39 is 22.2 Å². The van der Waals surface area contributed by atoms with E-state index >= 15 is 0 Å². The van der Waals surface area contributed by atoms with E-state index in [0.29, 0.717) is 12.1 Å². The number of benzene rings is 1. The van der Waals surface area contributed by atoms with Crippen molar-refractivity contribution in [2.24, 2.45) is 0 Å². The van der Waals surface area contributed by atoms with E-state index in [-0.39, 0.29) is 12.2 Å². The van der Waals surface area contributed by atoms with Crippen molar-refractivity contribution in [3.63, 3.8) is 0 Å². The Kier molecular flexibility index (Phi) is 3.46. The standard InChI is InChI=1S/C9H7F2NO3/c10-7-5-9(12(14)15)8(11)4-6(7)2-1-3-13/h1-2,4-5,13H,3H2. The van der Waals surface area contributed by atoms with E-state index in [4.69, 9.17) is 5.11 Å². The fraction of sp³-hybridized carbons (Fsp3) is 0.111. The molecule has 0 aliphatic heterocycles. The van der Waals surface area contributed by atoms with Gasteiger partial charge in [-0.1, -0.05) is 12.2 Å². The number of nitro benzene ring substituents is 1. The van der Waals surface area contributed by atoms with Gasteiger partial charge < -0.3 is 5.11 Å². The molecule has 1 rings (SSSR count). The fourth-order valence-corrected chi connectivity index (χ4v) is 0.999. The highest BCUT2D eigenvalue weighted by atomic mass is 19.1. The number of hydrogen-bond acceptors (Lipinski definition) is 3. The number of aliphatic hydroxyl groups excluding tert-OH is 1. The Morgan fingerprint density at radius 3 is 2.60 bits per heavy atom. The molecule has 1 aromatic rings. The Balaban J connectivity index is 3.19. The molecule has 0 heterocycles. The van der Waals surface area contributed by atoms with Crippen LogP contribution in [0.15, 0.2) is 18.2 Å². The zero-order chi connectivity index (χ0) is 11.4. The minimum atomic E-state index is -1.11. The summed E-state index contributed by atoms with van der Waals surface area (Å²) in [5, 5.41) is 18.7. The summed E-state index contributed by atoms with van der Waals surface area (Å²) in [7, 11) is 0. The highest BCUT2D eigenvalue weighted by Gasteiger charge is 2.17. The molecule has 0 saturated carbocycles. The summed E-state index contributed by atoms with van der Waals surface area (Å²) in [4.78, 5) is 9.24. The van der Waals surface area contributed by atoms with Crippen LogP contribution >= 0.6 is 0 Å². The SMILES string of the molecule is O=[N+]([O-])c1cc(F)c(C=CCO)cc1F. The maximum Gasteiger partial charge on any atom is 0.307 e. The van der Waals surface area contributed by atoms with Crippen LogP contribution in [0.5, 0.6) is 0 Å². The first kappa shape index (κ1) is 11.3. The molecule has 4 nitrogen and oxygen atoms in total. The predicted molar refractivity (Wildman–Crippen MR) is 49.1 cm³/mol. The number of aliphatic hydroxyl groups is 1. The lowest BCUT2D eigenvalue weighted by molar-refractivity contribution is -0.387. The van der Waals surface area contributed by atoms with Gasteiger partial charge in [-0.2, -0.15) is 4.39 Å². The Morgan fingerprint density at radius 2 is 2.07 bits per heavy atom. The molecular weight excluding hydrogens is 208 g/mol. The number of rotatable bonds is 3. The average molecular weight is 215 g/mol. The summed E-state index contributed by atoms with van der Waals surface area (Å²) in [6, 6.07) is 1.21. The second-order valence-electron chi connectivity index (χ2n) is 2.67. The first-order valence-electron chi connectivity index (χ1n) is 3.97. The molecule has 0 atom stereocenters. The summed E-state index contributed by atoms with van der Waals surface area (Å²) in [6.45, 7) is -0.321. The molecule has 0 radical (unpaired) electrons. The Hall–Kier alpha value is -1.82. The van der Waals surface area contributed by atoms with Gasteiger partial charge >= 0.3 is 5.69 Å². The Bertz CT molecular complexity index is 418. The lowest BCUT2D eigenvalue weighted by atomic mass is 10.1. The van der Waals surface area contributed by atoms with Gasteiger partial charge in [0.25, 0.3) is 0 Å². The van der Waals surface area contributed by atoms with Crippen LogP contribution in [0, 0.1) is 21.7 Å². The first-order chi connectivity index (χ1) is 7.06. The fourth-order valence-electron chi connectivity index (χ4n) is 0.999. The monoisotopic (exact) mass is 215 g/mol. The van der Waals surface area contributed by atoms with Gasteiger partial charge in [-0.05, 0) is 6.07 Å². The van der Waals surface area contributed by atoms with Crippen LogP contribution in [0.25, 0.3) is 6.08 Å². The quantitative estimate of drug-likeness (QED) is 0.618. The Morgan fingerprint density at radius 1 is 1.40 bits per heavy atom. The third kappa shape index (κ3) is 2.57. The van der Waals surface area contributed by atoms with Crippen molar-refractivity contribution in [3.8, 4) is 0 Å². The van der Waals surface area contributed by atoms with Crippen molar-refractivity contribution in [1.29, 1.82) is 0 Å². The lowest BCUT2D eigenvalue weighted by Gasteiger charge is -1.98. The van der Waals surface area contributed by atoms with Crippen LogP contribution in [0.2, 0.25) is 0 Å².